The van der Waals surface area contributed by atoms with Crippen LogP contribution in [0.1, 0.15) is 27.2 Å². The van der Waals surface area contributed by atoms with Crippen molar-refractivity contribution >= 4 is 18.3 Å². The summed E-state index contributed by atoms with van der Waals surface area (Å²) in [5.41, 5.74) is 5.59. The number of rotatable bonds is 5. The van der Waals surface area contributed by atoms with Crippen LogP contribution < -0.4 is 11.1 Å². The smallest absolute Gasteiger partial charge is 0.237 e. The first-order valence-corrected chi connectivity index (χ1v) is 6.44. The lowest BCUT2D eigenvalue weighted by Crippen LogP contribution is -2.54. The molecule has 0 radical (unpaired) electrons. The first-order chi connectivity index (χ1) is 8.08. The van der Waals surface area contributed by atoms with Crippen molar-refractivity contribution in [3.8, 4) is 0 Å². The number of hydrogen-bond donors (Lipinski definition) is 2. The fourth-order valence-electron chi connectivity index (χ4n) is 1.87. The third-order valence-corrected chi connectivity index (χ3v) is 3.36. The van der Waals surface area contributed by atoms with Gasteiger partial charge < -0.3 is 15.8 Å². The van der Waals surface area contributed by atoms with E-state index in [1.165, 1.54) is 0 Å². The molecule has 1 aliphatic heterocycles. The Kier molecular flexibility index (Phi) is 8.52. The molecule has 0 aromatic carbocycles. The van der Waals surface area contributed by atoms with Gasteiger partial charge in [-0.2, -0.15) is 0 Å². The Morgan fingerprint density at radius 2 is 2.22 bits per heavy atom. The van der Waals surface area contributed by atoms with E-state index in [9.17, 15) is 4.79 Å². The van der Waals surface area contributed by atoms with Crippen LogP contribution in [-0.4, -0.2) is 55.2 Å². The van der Waals surface area contributed by atoms with Crippen LogP contribution in [0.2, 0.25) is 0 Å². The summed E-state index contributed by atoms with van der Waals surface area (Å²) in [5.74, 6) is 0.0945. The highest BCUT2D eigenvalue weighted by molar-refractivity contribution is 5.85. The van der Waals surface area contributed by atoms with Gasteiger partial charge in [0, 0.05) is 25.7 Å². The van der Waals surface area contributed by atoms with Crippen LogP contribution in [0.3, 0.4) is 0 Å². The molecule has 5 nitrogen and oxygen atoms in total. The number of ether oxygens (including phenoxy) is 1. The number of morpholine rings is 1. The number of nitrogens with one attached hydrogen (secondary N) is 1. The number of nitrogens with zero attached hydrogens (tertiary/aromatic N) is 1. The molecule has 0 aromatic heterocycles. The Balaban J connectivity index is 0.00000289. The fraction of sp³-hybridized carbons (Fsp3) is 0.917. The van der Waals surface area contributed by atoms with Crippen LogP contribution >= 0.6 is 12.4 Å². The highest BCUT2D eigenvalue weighted by atomic mass is 35.5. The number of carbonyl (C=O) groups excluding carboxylic acids is 1. The summed E-state index contributed by atoms with van der Waals surface area (Å²) in [7, 11) is 0. The maximum Gasteiger partial charge on any atom is 0.237 e. The molecule has 0 bridgehead atoms. The lowest BCUT2D eigenvalue weighted by atomic mass is 10.1. The Bertz CT molecular complexity index is 253. The number of nitrogens with two attached hydrogens (primary N) is 1. The van der Waals surface area contributed by atoms with E-state index in [1.807, 2.05) is 13.8 Å². The van der Waals surface area contributed by atoms with Gasteiger partial charge in [0.1, 0.15) is 0 Å². The minimum Gasteiger partial charge on any atom is -0.374 e. The van der Waals surface area contributed by atoms with Crippen LogP contribution in [0.5, 0.6) is 0 Å². The van der Waals surface area contributed by atoms with Gasteiger partial charge >= 0.3 is 0 Å². The van der Waals surface area contributed by atoms with E-state index in [0.29, 0.717) is 13.2 Å². The Labute approximate surface area is 116 Å². The molecule has 1 amide bonds. The molecule has 0 saturated carbocycles. The van der Waals surface area contributed by atoms with Crippen LogP contribution in [0, 0.1) is 0 Å². The molecule has 3 unspecified atom stereocenters. The summed E-state index contributed by atoms with van der Waals surface area (Å²) in [5, 5.41) is 3.01. The van der Waals surface area contributed by atoms with Gasteiger partial charge in [-0.25, -0.2) is 0 Å². The molecular formula is C12H26ClN3O2. The minimum atomic E-state index is -0.109. The summed E-state index contributed by atoms with van der Waals surface area (Å²) in [6.45, 7) is 8.73. The molecule has 0 aliphatic carbocycles. The molecule has 3 N–H and O–H groups in total. The zero-order valence-electron chi connectivity index (χ0n) is 11.5. The normalized spacial score (nSPS) is 23.9. The predicted octanol–water partition coefficient (Wildman–Crippen LogP) is 0.371. The molecule has 18 heavy (non-hydrogen) atoms. The third-order valence-electron chi connectivity index (χ3n) is 3.36. The van der Waals surface area contributed by atoms with E-state index in [1.54, 1.807) is 0 Å². The largest absolute Gasteiger partial charge is 0.374 e. The van der Waals surface area contributed by atoms with E-state index < -0.39 is 0 Å². The second-order valence-electron chi connectivity index (χ2n) is 4.72. The average Bonchev–Trinajstić information content (AvgIpc) is 2.37. The van der Waals surface area contributed by atoms with Crippen molar-refractivity contribution < 1.29 is 9.53 Å². The molecule has 1 aliphatic rings. The first kappa shape index (κ1) is 17.6. The van der Waals surface area contributed by atoms with E-state index >= 15 is 0 Å². The number of carbonyl (C=O) groups is 1. The summed E-state index contributed by atoms with van der Waals surface area (Å²) in [4.78, 5) is 14.1. The second kappa shape index (κ2) is 8.69. The number of halogens is 1. The third kappa shape index (κ3) is 5.10. The van der Waals surface area contributed by atoms with E-state index in [0.717, 1.165) is 19.5 Å². The van der Waals surface area contributed by atoms with Gasteiger partial charge in [-0.1, -0.05) is 6.92 Å². The van der Waals surface area contributed by atoms with Crippen molar-refractivity contribution in [2.75, 3.05) is 26.2 Å². The summed E-state index contributed by atoms with van der Waals surface area (Å²) in [6.07, 6.45) is 1.01. The van der Waals surface area contributed by atoms with Crippen molar-refractivity contribution in [2.45, 2.75) is 45.4 Å². The molecule has 1 rings (SSSR count). The SMILES string of the molecule is CCC(C)NC(=O)C(C)N1CCOC(CN)C1.Cl. The monoisotopic (exact) mass is 279 g/mol. The quantitative estimate of drug-likeness (QED) is 0.763. The van der Waals surface area contributed by atoms with Gasteiger partial charge in [0.15, 0.2) is 0 Å². The lowest BCUT2D eigenvalue weighted by molar-refractivity contribution is -0.129. The van der Waals surface area contributed by atoms with Gasteiger partial charge in [0.25, 0.3) is 0 Å². The Hall–Kier alpha value is -0.360. The molecule has 3 atom stereocenters. The maximum absolute atomic E-state index is 12.0. The van der Waals surface area contributed by atoms with Gasteiger partial charge in [-0.3, -0.25) is 9.69 Å². The highest BCUT2D eigenvalue weighted by Crippen LogP contribution is 2.08. The molecule has 1 heterocycles. The average molecular weight is 280 g/mol. The summed E-state index contributed by atoms with van der Waals surface area (Å²) < 4.78 is 5.49. The van der Waals surface area contributed by atoms with Gasteiger partial charge in [-0.15, -0.1) is 12.4 Å². The van der Waals surface area contributed by atoms with Crippen LogP contribution in [0.4, 0.5) is 0 Å². The van der Waals surface area contributed by atoms with Crippen molar-refractivity contribution in [3.05, 3.63) is 0 Å². The molecule has 1 fully saturated rings. The van der Waals surface area contributed by atoms with Crippen molar-refractivity contribution in [2.24, 2.45) is 5.73 Å². The summed E-state index contributed by atoms with van der Waals surface area (Å²) >= 11 is 0. The molecule has 1 saturated heterocycles. The van der Waals surface area contributed by atoms with Crippen LogP contribution in [-0.2, 0) is 9.53 Å². The molecule has 108 valence electrons. The van der Waals surface area contributed by atoms with Gasteiger partial charge in [-0.05, 0) is 20.3 Å². The van der Waals surface area contributed by atoms with Crippen molar-refractivity contribution in [1.29, 1.82) is 0 Å². The van der Waals surface area contributed by atoms with Crippen LogP contribution in [0.15, 0.2) is 0 Å². The van der Waals surface area contributed by atoms with E-state index in [-0.39, 0.29) is 36.5 Å². The predicted molar refractivity (Wildman–Crippen MR) is 75.0 cm³/mol. The minimum absolute atomic E-state index is 0. The first-order valence-electron chi connectivity index (χ1n) is 6.44. The van der Waals surface area contributed by atoms with Crippen LogP contribution in [0.25, 0.3) is 0 Å². The summed E-state index contributed by atoms with van der Waals surface area (Å²) in [6, 6.07) is 0.123. The number of hydrogen-bond acceptors (Lipinski definition) is 4. The number of amides is 1. The molecule has 6 heteroatoms. The lowest BCUT2D eigenvalue weighted by Gasteiger charge is -2.36. The molecule has 0 spiro atoms. The fourth-order valence-corrected chi connectivity index (χ4v) is 1.87. The molecular weight excluding hydrogens is 254 g/mol. The Morgan fingerprint density at radius 1 is 1.56 bits per heavy atom. The van der Waals surface area contributed by atoms with E-state index in [4.69, 9.17) is 10.5 Å². The molecule has 0 aromatic rings. The second-order valence-corrected chi connectivity index (χ2v) is 4.72. The maximum atomic E-state index is 12.0. The highest BCUT2D eigenvalue weighted by Gasteiger charge is 2.27. The standard InChI is InChI=1S/C12H25N3O2.ClH/c1-4-9(2)14-12(16)10(3)15-5-6-17-11(7-13)8-15;/h9-11H,4-8,13H2,1-3H3,(H,14,16);1H. The van der Waals surface area contributed by atoms with Crippen molar-refractivity contribution in [1.82, 2.24) is 10.2 Å². The Morgan fingerprint density at radius 3 is 2.78 bits per heavy atom. The zero-order chi connectivity index (χ0) is 12.8. The van der Waals surface area contributed by atoms with Gasteiger partial charge in [0.2, 0.25) is 5.91 Å². The topological polar surface area (TPSA) is 67.6 Å². The van der Waals surface area contributed by atoms with Gasteiger partial charge in [0.05, 0.1) is 18.8 Å². The zero-order valence-corrected chi connectivity index (χ0v) is 12.3. The van der Waals surface area contributed by atoms with E-state index in [2.05, 4.69) is 17.1 Å². The van der Waals surface area contributed by atoms with Crippen molar-refractivity contribution in [3.63, 3.8) is 0 Å².